The van der Waals surface area contributed by atoms with Crippen LogP contribution in [0.15, 0.2) is 36.7 Å². The van der Waals surface area contributed by atoms with Crippen LogP contribution in [0.3, 0.4) is 0 Å². The van der Waals surface area contributed by atoms with Crippen molar-refractivity contribution in [3.63, 3.8) is 0 Å². The number of likely N-dealkylation sites (tertiary alicyclic amines) is 1. The van der Waals surface area contributed by atoms with Gasteiger partial charge in [0, 0.05) is 50.2 Å². The maximum atomic E-state index is 13.0. The molecule has 0 bridgehead atoms. The van der Waals surface area contributed by atoms with Crippen LogP contribution in [0.25, 0.3) is 0 Å². The molecule has 2 aliphatic rings. The number of anilines is 1. The number of nitrogens with zero attached hydrogens (tertiary/aromatic N) is 4. The van der Waals surface area contributed by atoms with Gasteiger partial charge in [0.2, 0.25) is 11.9 Å². The van der Waals surface area contributed by atoms with Crippen molar-refractivity contribution in [1.82, 2.24) is 20.2 Å². The summed E-state index contributed by atoms with van der Waals surface area (Å²) in [7, 11) is 0. The molecule has 2 aromatic rings. The zero-order valence-electron chi connectivity index (χ0n) is 18.4. The van der Waals surface area contributed by atoms with E-state index in [9.17, 15) is 9.59 Å². The fourth-order valence-electron chi connectivity index (χ4n) is 4.65. The van der Waals surface area contributed by atoms with E-state index in [1.807, 2.05) is 36.9 Å². The van der Waals surface area contributed by atoms with Crippen LogP contribution in [-0.4, -0.2) is 58.9 Å². The Bertz CT molecular complexity index is 905. The lowest BCUT2D eigenvalue weighted by molar-refractivity contribution is -0.127. The van der Waals surface area contributed by atoms with Gasteiger partial charge in [0.1, 0.15) is 0 Å². The molecule has 7 nitrogen and oxygen atoms in total. The van der Waals surface area contributed by atoms with Crippen LogP contribution in [0, 0.1) is 19.8 Å². The predicted octanol–water partition coefficient (Wildman–Crippen LogP) is 2.73. The number of carbonyl (C=O) groups excluding carboxylic acids is 2. The average molecular weight is 422 g/mol. The second-order valence-electron chi connectivity index (χ2n) is 8.79. The number of piperidine rings is 2. The molecule has 0 radical (unpaired) electrons. The first-order chi connectivity index (χ1) is 15.0. The molecule has 2 aliphatic heterocycles. The lowest BCUT2D eigenvalue weighted by Gasteiger charge is -2.35. The molecule has 0 spiro atoms. The molecule has 2 fully saturated rings. The molecule has 1 aromatic carbocycles. The quantitative estimate of drug-likeness (QED) is 0.821. The van der Waals surface area contributed by atoms with Gasteiger partial charge < -0.3 is 15.1 Å². The van der Waals surface area contributed by atoms with Crippen molar-refractivity contribution in [3.8, 4) is 0 Å². The summed E-state index contributed by atoms with van der Waals surface area (Å²) in [5, 5.41) is 3.23. The zero-order valence-corrected chi connectivity index (χ0v) is 18.4. The molecule has 1 atom stereocenters. The molecule has 2 saturated heterocycles. The highest BCUT2D eigenvalue weighted by Gasteiger charge is 2.31. The van der Waals surface area contributed by atoms with Gasteiger partial charge in [-0.05, 0) is 57.7 Å². The molecule has 4 rings (SSSR count). The molecule has 7 heteroatoms. The van der Waals surface area contributed by atoms with Gasteiger partial charge in [-0.25, -0.2) is 9.97 Å². The minimum atomic E-state index is -0.140. The van der Waals surface area contributed by atoms with Gasteiger partial charge in [-0.1, -0.05) is 17.2 Å². The van der Waals surface area contributed by atoms with Crippen molar-refractivity contribution in [2.24, 2.45) is 5.92 Å². The number of aromatic nitrogens is 2. The molecule has 1 N–H and O–H groups in total. The molecule has 0 aliphatic carbocycles. The summed E-state index contributed by atoms with van der Waals surface area (Å²) in [5.74, 6) is 0.715. The number of rotatable bonds is 4. The summed E-state index contributed by atoms with van der Waals surface area (Å²) < 4.78 is 0. The van der Waals surface area contributed by atoms with E-state index in [0.29, 0.717) is 18.7 Å². The van der Waals surface area contributed by atoms with Crippen molar-refractivity contribution >= 4 is 17.8 Å². The Labute approximate surface area is 183 Å². The van der Waals surface area contributed by atoms with E-state index < -0.39 is 0 Å². The molecule has 1 aromatic heterocycles. The van der Waals surface area contributed by atoms with Gasteiger partial charge in [0.15, 0.2) is 0 Å². The minimum Gasteiger partial charge on any atom is -0.353 e. The first kappa shape index (κ1) is 21.3. The number of hydrogen-bond acceptors (Lipinski definition) is 5. The third-order valence-corrected chi connectivity index (χ3v) is 6.22. The highest BCUT2D eigenvalue weighted by Crippen LogP contribution is 2.21. The summed E-state index contributed by atoms with van der Waals surface area (Å²) in [4.78, 5) is 38.6. The van der Waals surface area contributed by atoms with Gasteiger partial charge in [0.25, 0.3) is 5.91 Å². The molecule has 164 valence electrons. The van der Waals surface area contributed by atoms with E-state index in [4.69, 9.17) is 0 Å². The predicted molar refractivity (Wildman–Crippen MR) is 120 cm³/mol. The van der Waals surface area contributed by atoms with Crippen molar-refractivity contribution in [3.05, 3.63) is 53.3 Å². The first-order valence-electron chi connectivity index (χ1n) is 11.2. The number of aryl methyl sites for hydroxylation is 2. The van der Waals surface area contributed by atoms with Crippen molar-refractivity contribution < 1.29 is 9.59 Å². The third kappa shape index (κ3) is 5.21. The van der Waals surface area contributed by atoms with Crippen LogP contribution >= 0.6 is 0 Å². The van der Waals surface area contributed by atoms with Crippen LogP contribution in [-0.2, 0) is 4.79 Å². The second-order valence-corrected chi connectivity index (χ2v) is 8.79. The molecular weight excluding hydrogens is 390 g/mol. The Hall–Kier alpha value is -2.96. The summed E-state index contributed by atoms with van der Waals surface area (Å²) in [5.41, 5.74) is 2.89. The van der Waals surface area contributed by atoms with E-state index in [2.05, 4.69) is 26.3 Å². The topological polar surface area (TPSA) is 78.4 Å². The largest absolute Gasteiger partial charge is 0.353 e. The van der Waals surface area contributed by atoms with E-state index >= 15 is 0 Å². The number of nitrogens with one attached hydrogen (secondary N) is 1. The fraction of sp³-hybridized carbons (Fsp3) is 0.500. The first-order valence-corrected chi connectivity index (χ1v) is 11.2. The average Bonchev–Trinajstić information content (AvgIpc) is 2.79. The van der Waals surface area contributed by atoms with Gasteiger partial charge in [-0.2, -0.15) is 0 Å². The van der Waals surface area contributed by atoms with Crippen LogP contribution in [0.4, 0.5) is 5.95 Å². The number of amides is 2. The molecule has 0 unspecified atom stereocenters. The number of hydrogen-bond donors (Lipinski definition) is 1. The normalized spacial score (nSPS) is 19.9. The SMILES string of the molecule is Cc1cc(C)cc(C(=O)N2CCC[C@H](C(=O)NC3CCN(c4ncccn4)CC3)C2)c1. The lowest BCUT2D eigenvalue weighted by Crippen LogP contribution is -2.50. The lowest BCUT2D eigenvalue weighted by atomic mass is 9.95. The van der Waals surface area contributed by atoms with Gasteiger partial charge >= 0.3 is 0 Å². The smallest absolute Gasteiger partial charge is 0.253 e. The number of benzene rings is 1. The van der Waals surface area contributed by atoms with E-state index in [1.54, 1.807) is 12.4 Å². The Morgan fingerprint density at radius 3 is 2.32 bits per heavy atom. The Morgan fingerprint density at radius 2 is 1.65 bits per heavy atom. The molecule has 2 amide bonds. The second kappa shape index (κ2) is 9.45. The Kier molecular flexibility index (Phi) is 6.49. The summed E-state index contributed by atoms with van der Waals surface area (Å²) in [6, 6.07) is 7.91. The fourth-order valence-corrected chi connectivity index (χ4v) is 4.65. The molecule has 0 saturated carbocycles. The monoisotopic (exact) mass is 421 g/mol. The summed E-state index contributed by atoms with van der Waals surface area (Å²) in [6.07, 6.45) is 6.95. The van der Waals surface area contributed by atoms with E-state index in [1.165, 1.54) is 0 Å². The standard InChI is InChI=1S/C24H31N5O2/c1-17-13-18(2)15-20(14-17)23(31)29-10-3-5-19(16-29)22(30)27-21-6-11-28(12-7-21)24-25-8-4-9-26-24/h4,8-9,13-15,19,21H,3,5-7,10-12,16H2,1-2H3,(H,27,30)/t19-/m0/s1. The highest BCUT2D eigenvalue weighted by molar-refractivity contribution is 5.95. The molecule has 31 heavy (non-hydrogen) atoms. The molecule has 3 heterocycles. The van der Waals surface area contributed by atoms with E-state index in [-0.39, 0.29) is 23.8 Å². The minimum absolute atomic E-state index is 0.0282. The van der Waals surface area contributed by atoms with Gasteiger partial charge in [-0.15, -0.1) is 0 Å². The van der Waals surface area contributed by atoms with Gasteiger partial charge in [-0.3, -0.25) is 9.59 Å². The Balaban J connectivity index is 1.30. The Morgan fingerprint density at radius 1 is 0.968 bits per heavy atom. The van der Waals surface area contributed by atoms with Crippen LogP contribution in [0.5, 0.6) is 0 Å². The summed E-state index contributed by atoms with van der Waals surface area (Å²) in [6.45, 7) is 6.88. The maximum absolute atomic E-state index is 13.0. The number of carbonyl (C=O) groups is 2. The van der Waals surface area contributed by atoms with Crippen molar-refractivity contribution in [2.45, 2.75) is 45.6 Å². The van der Waals surface area contributed by atoms with Crippen LogP contribution in [0.1, 0.15) is 47.2 Å². The van der Waals surface area contributed by atoms with Crippen LogP contribution in [0.2, 0.25) is 0 Å². The van der Waals surface area contributed by atoms with Crippen LogP contribution < -0.4 is 10.2 Å². The molecular formula is C24H31N5O2. The summed E-state index contributed by atoms with van der Waals surface area (Å²) >= 11 is 0. The maximum Gasteiger partial charge on any atom is 0.253 e. The van der Waals surface area contributed by atoms with E-state index in [0.717, 1.165) is 55.8 Å². The van der Waals surface area contributed by atoms with Gasteiger partial charge in [0.05, 0.1) is 5.92 Å². The third-order valence-electron chi connectivity index (χ3n) is 6.22. The highest BCUT2D eigenvalue weighted by atomic mass is 16.2. The van der Waals surface area contributed by atoms with Crippen molar-refractivity contribution in [2.75, 3.05) is 31.1 Å². The zero-order chi connectivity index (χ0) is 21.8. The van der Waals surface area contributed by atoms with Crippen molar-refractivity contribution in [1.29, 1.82) is 0 Å².